The number of anilines is 1. The van der Waals surface area contributed by atoms with Crippen LogP contribution in [0, 0.1) is 19.7 Å². The van der Waals surface area contributed by atoms with Gasteiger partial charge in [0.25, 0.3) is 0 Å². The lowest BCUT2D eigenvalue weighted by molar-refractivity contribution is 0.597. The maximum Gasteiger partial charge on any atom is 0.212 e. The van der Waals surface area contributed by atoms with E-state index in [4.69, 9.17) is 5.73 Å². The molecule has 0 aliphatic heterocycles. The molecule has 3 aromatic carbocycles. The van der Waals surface area contributed by atoms with Crippen molar-refractivity contribution in [2.45, 2.75) is 23.6 Å². The summed E-state index contributed by atoms with van der Waals surface area (Å²) in [7, 11) is -4.04. The van der Waals surface area contributed by atoms with Crippen LogP contribution in [0.25, 0.3) is 22.2 Å². The fourth-order valence-electron chi connectivity index (χ4n) is 3.68. The van der Waals surface area contributed by atoms with Crippen molar-refractivity contribution in [3.8, 4) is 0 Å². The molecule has 9 heteroatoms. The number of aromatic nitrogens is 3. The maximum atomic E-state index is 13.7. The Labute approximate surface area is 195 Å². The zero-order valence-corrected chi connectivity index (χ0v) is 19.2. The number of nitrogens with two attached hydrogens (primary N) is 1. The maximum absolute atomic E-state index is 13.7. The van der Waals surface area contributed by atoms with Crippen LogP contribution >= 0.6 is 0 Å². The third-order valence-corrected chi connectivity index (χ3v) is 7.49. The average molecular weight is 474 g/mol. The molecular weight excluding hydrogens is 453 g/mol. The first-order chi connectivity index (χ1) is 16.3. The molecule has 34 heavy (non-hydrogen) atoms. The summed E-state index contributed by atoms with van der Waals surface area (Å²) in [5.74, 6) is -0.482. The highest BCUT2D eigenvalue weighted by Crippen LogP contribution is 2.35. The van der Waals surface area contributed by atoms with Crippen LogP contribution in [0.5, 0.6) is 0 Å². The molecule has 0 amide bonds. The first kappa shape index (κ1) is 21.7. The number of fused-ring (bicyclic) bond motifs is 2. The molecule has 0 bridgehead atoms. The van der Waals surface area contributed by atoms with E-state index in [0.717, 1.165) is 11.1 Å². The molecule has 2 heterocycles. The van der Waals surface area contributed by atoms with Gasteiger partial charge in [-0.05, 0) is 66.9 Å². The van der Waals surface area contributed by atoms with Gasteiger partial charge in [0.2, 0.25) is 9.84 Å². The molecule has 2 aromatic heterocycles. The Morgan fingerprint density at radius 1 is 0.941 bits per heavy atom. The van der Waals surface area contributed by atoms with Crippen LogP contribution in [0.4, 0.5) is 10.2 Å². The van der Waals surface area contributed by atoms with Crippen molar-refractivity contribution < 1.29 is 12.8 Å². The molecule has 7 nitrogen and oxygen atoms in total. The van der Waals surface area contributed by atoms with Crippen molar-refractivity contribution in [2.75, 3.05) is 5.73 Å². The highest BCUT2D eigenvalue weighted by molar-refractivity contribution is 7.92. The standard InChI is InChI=1S/C25H20FN5O2S/c1-15-7-12-19(13-16(15)2)34(32,33)23-22-25(30-21-6-4-3-5-20(21)29-22)31(24(23)27)28-14-17-8-10-18(26)11-9-17/h3-14H,27H2,1-2H3/b28-14-. The minimum absolute atomic E-state index is 0.109. The van der Waals surface area contributed by atoms with E-state index in [1.165, 1.54) is 23.0 Å². The van der Waals surface area contributed by atoms with Crippen molar-refractivity contribution in [1.29, 1.82) is 0 Å². The minimum atomic E-state index is -4.04. The molecule has 0 spiro atoms. The Morgan fingerprint density at radius 2 is 1.62 bits per heavy atom. The van der Waals surface area contributed by atoms with E-state index in [2.05, 4.69) is 15.1 Å². The van der Waals surface area contributed by atoms with Crippen molar-refractivity contribution in [3.05, 3.63) is 89.2 Å². The van der Waals surface area contributed by atoms with Crippen LogP contribution in [0.3, 0.4) is 0 Å². The van der Waals surface area contributed by atoms with Crippen molar-refractivity contribution in [3.63, 3.8) is 0 Å². The van der Waals surface area contributed by atoms with Gasteiger partial charge in [-0.3, -0.25) is 0 Å². The van der Waals surface area contributed by atoms with E-state index >= 15 is 0 Å². The average Bonchev–Trinajstić information content (AvgIpc) is 3.09. The lowest BCUT2D eigenvalue weighted by Crippen LogP contribution is -2.07. The second-order valence-electron chi connectivity index (χ2n) is 7.96. The quantitative estimate of drug-likeness (QED) is 0.383. The number of hydrogen-bond donors (Lipinski definition) is 1. The van der Waals surface area contributed by atoms with E-state index in [-0.39, 0.29) is 32.6 Å². The van der Waals surface area contributed by atoms with E-state index < -0.39 is 9.84 Å². The Balaban J connectivity index is 1.79. The first-order valence-electron chi connectivity index (χ1n) is 10.4. The summed E-state index contributed by atoms with van der Waals surface area (Å²) in [5, 5.41) is 4.38. The lowest BCUT2D eigenvalue weighted by Gasteiger charge is -2.07. The number of nitrogens with zero attached hydrogens (tertiary/aromatic N) is 4. The third-order valence-electron chi connectivity index (χ3n) is 5.68. The summed E-state index contributed by atoms with van der Waals surface area (Å²) in [5.41, 5.74) is 10.3. The fraction of sp³-hybridized carbons (Fsp3) is 0.0800. The fourth-order valence-corrected chi connectivity index (χ4v) is 5.24. The van der Waals surface area contributed by atoms with Gasteiger partial charge in [0.1, 0.15) is 22.0 Å². The van der Waals surface area contributed by atoms with Crippen molar-refractivity contribution in [1.82, 2.24) is 14.6 Å². The Hall–Kier alpha value is -4.11. The molecule has 0 radical (unpaired) electrons. The number of rotatable bonds is 4. The minimum Gasteiger partial charge on any atom is -0.382 e. The largest absolute Gasteiger partial charge is 0.382 e. The zero-order valence-electron chi connectivity index (χ0n) is 18.4. The Morgan fingerprint density at radius 3 is 2.29 bits per heavy atom. The molecule has 0 saturated heterocycles. The molecule has 5 aromatic rings. The van der Waals surface area contributed by atoms with E-state index in [9.17, 15) is 12.8 Å². The van der Waals surface area contributed by atoms with Gasteiger partial charge in [-0.1, -0.05) is 30.3 Å². The van der Waals surface area contributed by atoms with Gasteiger partial charge >= 0.3 is 0 Å². The topological polar surface area (TPSA) is 103 Å². The molecule has 0 aliphatic carbocycles. The number of sulfone groups is 1. The molecule has 0 aliphatic rings. The number of hydrogen-bond acceptors (Lipinski definition) is 6. The van der Waals surface area contributed by atoms with Gasteiger partial charge in [-0.15, -0.1) is 0 Å². The molecule has 0 unspecified atom stereocenters. The normalized spacial score (nSPS) is 12.2. The zero-order chi connectivity index (χ0) is 24.0. The van der Waals surface area contributed by atoms with Gasteiger partial charge in [0, 0.05) is 0 Å². The molecule has 0 atom stereocenters. The van der Waals surface area contributed by atoms with Gasteiger partial charge in [0.15, 0.2) is 5.65 Å². The van der Waals surface area contributed by atoms with Crippen LogP contribution < -0.4 is 5.73 Å². The summed E-state index contributed by atoms with van der Waals surface area (Å²) in [6.07, 6.45) is 1.46. The summed E-state index contributed by atoms with van der Waals surface area (Å²) in [4.78, 5) is 9.16. The highest BCUT2D eigenvalue weighted by Gasteiger charge is 2.30. The van der Waals surface area contributed by atoms with Crippen LogP contribution in [0.2, 0.25) is 0 Å². The van der Waals surface area contributed by atoms with Crippen LogP contribution in [0.1, 0.15) is 16.7 Å². The van der Waals surface area contributed by atoms with Crippen molar-refractivity contribution in [2.24, 2.45) is 5.10 Å². The molecular formula is C25H20FN5O2S. The van der Waals surface area contributed by atoms with Gasteiger partial charge in [-0.2, -0.15) is 9.78 Å². The second kappa shape index (κ2) is 8.03. The number of aryl methyl sites for hydroxylation is 2. The predicted molar refractivity (Wildman–Crippen MR) is 130 cm³/mol. The van der Waals surface area contributed by atoms with E-state index in [0.29, 0.717) is 16.6 Å². The number of para-hydroxylation sites is 2. The number of halogens is 1. The van der Waals surface area contributed by atoms with Crippen LogP contribution in [0.15, 0.2) is 81.6 Å². The van der Waals surface area contributed by atoms with E-state index in [1.54, 1.807) is 48.5 Å². The van der Waals surface area contributed by atoms with Crippen LogP contribution in [-0.4, -0.2) is 29.3 Å². The lowest BCUT2D eigenvalue weighted by atomic mass is 10.1. The second-order valence-corrected chi connectivity index (χ2v) is 9.84. The number of benzene rings is 3. The molecule has 0 fully saturated rings. The van der Waals surface area contributed by atoms with Crippen molar-refractivity contribution >= 4 is 44.1 Å². The molecule has 170 valence electrons. The Bertz CT molecular complexity index is 1710. The van der Waals surface area contributed by atoms with Crippen LogP contribution in [-0.2, 0) is 9.84 Å². The van der Waals surface area contributed by atoms with Gasteiger partial charge in [-0.25, -0.2) is 22.8 Å². The molecule has 5 rings (SSSR count). The summed E-state index contributed by atoms with van der Waals surface area (Å²) >= 11 is 0. The highest BCUT2D eigenvalue weighted by atomic mass is 32.2. The van der Waals surface area contributed by atoms with Gasteiger partial charge < -0.3 is 5.73 Å². The third kappa shape index (κ3) is 3.60. The number of nitrogen functional groups attached to an aromatic ring is 1. The first-order valence-corrected chi connectivity index (χ1v) is 11.9. The predicted octanol–water partition coefficient (Wildman–Crippen LogP) is 4.64. The summed E-state index contributed by atoms with van der Waals surface area (Å²) < 4.78 is 42.0. The summed E-state index contributed by atoms with van der Waals surface area (Å²) in [6.45, 7) is 3.76. The smallest absolute Gasteiger partial charge is 0.212 e. The summed E-state index contributed by atoms with van der Waals surface area (Å²) in [6, 6.07) is 17.8. The molecule has 2 N–H and O–H groups in total. The SMILES string of the molecule is Cc1ccc(S(=O)(=O)c2c(N)n(/N=C\c3ccc(F)cc3)c3nc4ccccc4nc23)cc1C. The molecule has 0 saturated carbocycles. The van der Waals surface area contributed by atoms with Gasteiger partial charge in [0.05, 0.1) is 22.1 Å². The Kier molecular flexibility index (Phi) is 5.13. The van der Waals surface area contributed by atoms with E-state index in [1.807, 2.05) is 19.9 Å². The monoisotopic (exact) mass is 473 g/mol.